The average Bonchev–Trinajstić information content (AvgIpc) is 3.22. The lowest BCUT2D eigenvalue weighted by molar-refractivity contribution is 0.963. The SMILES string of the molecule is Cc1cc(C#N)ccc1-c1ccnc(NCc2cc(-c3ccccc3)n[nH]2)n1. The smallest absolute Gasteiger partial charge is 0.223 e. The Labute approximate surface area is 162 Å². The predicted octanol–water partition coefficient (Wildman–Crippen LogP) is 4.33. The zero-order chi connectivity index (χ0) is 19.3. The van der Waals surface area contributed by atoms with Crippen LogP contribution in [0.5, 0.6) is 0 Å². The van der Waals surface area contributed by atoms with Crippen molar-refractivity contribution in [1.82, 2.24) is 20.2 Å². The van der Waals surface area contributed by atoms with Gasteiger partial charge in [-0.15, -0.1) is 0 Å². The van der Waals surface area contributed by atoms with Gasteiger partial charge in [0.1, 0.15) is 0 Å². The molecule has 2 heterocycles. The van der Waals surface area contributed by atoms with E-state index < -0.39 is 0 Å². The molecule has 0 saturated carbocycles. The van der Waals surface area contributed by atoms with Crippen LogP contribution in [-0.4, -0.2) is 20.2 Å². The van der Waals surface area contributed by atoms with Crippen LogP contribution in [0.15, 0.2) is 66.9 Å². The lowest BCUT2D eigenvalue weighted by Gasteiger charge is -2.08. The molecule has 0 unspecified atom stereocenters. The third-order valence-electron chi connectivity index (χ3n) is 4.42. The highest BCUT2D eigenvalue weighted by Gasteiger charge is 2.08. The molecule has 0 spiro atoms. The van der Waals surface area contributed by atoms with Crippen molar-refractivity contribution in [3.8, 4) is 28.6 Å². The molecule has 2 N–H and O–H groups in total. The minimum absolute atomic E-state index is 0.537. The summed E-state index contributed by atoms with van der Waals surface area (Å²) in [4.78, 5) is 8.90. The highest BCUT2D eigenvalue weighted by atomic mass is 15.2. The Morgan fingerprint density at radius 2 is 1.89 bits per heavy atom. The van der Waals surface area contributed by atoms with Crippen molar-refractivity contribution in [2.75, 3.05) is 5.32 Å². The van der Waals surface area contributed by atoms with Crippen molar-refractivity contribution in [1.29, 1.82) is 5.26 Å². The molecule has 0 fully saturated rings. The Morgan fingerprint density at radius 1 is 1.04 bits per heavy atom. The predicted molar refractivity (Wildman–Crippen MR) is 108 cm³/mol. The van der Waals surface area contributed by atoms with E-state index in [4.69, 9.17) is 5.26 Å². The molecule has 0 saturated heterocycles. The van der Waals surface area contributed by atoms with Gasteiger partial charge in [0.2, 0.25) is 5.95 Å². The van der Waals surface area contributed by atoms with E-state index in [1.54, 1.807) is 12.3 Å². The molecule has 2 aromatic heterocycles. The first-order valence-corrected chi connectivity index (χ1v) is 8.91. The van der Waals surface area contributed by atoms with E-state index in [1.807, 2.05) is 61.5 Å². The number of rotatable bonds is 5. The number of nitrogens with one attached hydrogen (secondary N) is 2. The summed E-state index contributed by atoms with van der Waals surface area (Å²) in [5.74, 6) is 0.539. The van der Waals surface area contributed by atoms with Crippen molar-refractivity contribution in [3.05, 3.63) is 83.7 Å². The van der Waals surface area contributed by atoms with Crippen LogP contribution in [0.25, 0.3) is 22.5 Å². The van der Waals surface area contributed by atoms with Crippen LogP contribution in [0.4, 0.5) is 5.95 Å². The van der Waals surface area contributed by atoms with Gasteiger partial charge < -0.3 is 5.32 Å². The fraction of sp³-hybridized carbons (Fsp3) is 0.0909. The number of H-pyrrole nitrogens is 1. The molecular weight excluding hydrogens is 348 g/mol. The largest absolute Gasteiger partial charge is 0.349 e. The van der Waals surface area contributed by atoms with Crippen LogP contribution >= 0.6 is 0 Å². The minimum atomic E-state index is 0.537. The Morgan fingerprint density at radius 3 is 2.68 bits per heavy atom. The van der Waals surface area contributed by atoms with Gasteiger partial charge in [-0.2, -0.15) is 10.4 Å². The van der Waals surface area contributed by atoms with Crippen molar-refractivity contribution in [2.45, 2.75) is 13.5 Å². The van der Waals surface area contributed by atoms with Crippen LogP contribution in [-0.2, 0) is 6.54 Å². The quantitative estimate of drug-likeness (QED) is 0.549. The lowest BCUT2D eigenvalue weighted by Crippen LogP contribution is -2.04. The van der Waals surface area contributed by atoms with Gasteiger partial charge in [-0.25, -0.2) is 9.97 Å². The van der Waals surface area contributed by atoms with Gasteiger partial charge in [-0.1, -0.05) is 36.4 Å². The molecule has 0 aliphatic rings. The fourth-order valence-corrected chi connectivity index (χ4v) is 3.00. The van der Waals surface area contributed by atoms with Gasteiger partial charge in [0.25, 0.3) is 0 Å². The zero-order valence-corrected chi connectivity index (χ0v) is 15.3. The van der Waals surface area contributed by atoms with Gasteiger partial charge in [-0.3, -0.25) is 5.10 Å². The fourth-order valence-electron chi connectivity index (χ4n) is 3.00. The van der Waals surface area contributed by atoms with E-state index in [9.17, 15) is 0 Å². The topological polar surface area (TPSA) is 90.3 Å². The first-order chi connectivity index (χ1) is 13.7. The van der Waals surface area contributed by atoms with Gasteiger partial charge in [0.05, 0.1) is 35.3 Å². The van der Waals surface area contributed by atoms with Crippen molar-refractivity contribution < 1.29 is 0 Å². The highest BCUT2D eigenvalue weighted by Crippen LogP contribution is 2.23. The maximum atomic E-state index is 9.03. The molecule has 2 aromatic carbocycles. The molecule has 136 valence electrons. The molecule has 4 rings (SSSR count). The molecule has 4 aromatic rings. The summed E-state index contributed by atoms with van der Waals surface area (Å²) in [7, 11) is 0. The molecule has 6 nitrogen and oxygen atoms in total. The Hall–Kier alpha value is -3.98. The summed E-state index contributed by atoms with van der Waals surface area (Å²) in [6.07, 6.45) is 1.73. The third-order valence-corrected chi connectivity index (χ3v) is 4.42. The first-order valence-electron chi connectivity index (χ1n) is 8.91. The molecule has 0 radical (unpaired) electrons. The normalized spacial score (nSPS) is 10.4. The summed E-state index contributed by atoms with van der Waals surface area (Å²) in [5.41, 5.74) is 6.36. The van der Waals surface area contributed by atoms with Crippen LogP contribution in [0.1, 0.15) is 16.8 Å². The van der Waals surface area contributed by atoms with E-state index in [0.717, 1.165) is 33.8 Å². The Bertz CT molecular complexity index is 1140. The third kappa shape index (κ3) is 3.74. The summed E-state index contributed by atoms with van der Waals surface area (Å²) in [6.45, 7) is 2.51. The van der Waals surface area contributed by atoms with Gasteiger partial charge in [0, 0.05) is 17.3 Å². The van der Waals surface area contributed by atoms with Crippen molar-refractivity contribution >= 4 is 5.95 Å². The molecule has 0 aliphatic heterocycles. The van der Waals surface area contributed by atoms with E-state index in [0.29, 0.717) is 18.1 Å². The molecule has 0 aliphatic carbocycles. The second-order valence-corrected chi connectivity index (χ2v) is 6.40. The van der Waals surface area contributed by atoms with Crippen LogP contribution in [0.2, 0.25) is 0 Å². The summed E-state index contributed by atoms with van der Waals surface area (Å²) in [6, 6.07) is 21.6. The number of hydrogen-bond acceptors (Lipinski definition) is 5. The number of nitrogens with zero attached hydrogens (tertiary/aromatic N) is 4. The number of nitriles is 1. The van der Waals surface area contributed by atoms with E-state index >= 15 is 0 Å². The molecular formula is C22H18N6. The first kappa shape index (κ1) is 17.4. The molecule has 0 bridgehead atoms. The van der Waals surface area contributed by atoms with Crippen molar-refractivity contribution in [3.63, 3.8) is 0 Å². The maximum Gasteiger partial charge on any atom is 0.223 e. The van der Waals surface area contributed by atoms with Crippen molar-refractivity contribution in [2.24, 2.45) is 0 Å². The highest BCUT2D eigenvalue weighted by molar-refractivity contribution is 5.65. The Kier molecular flexibility index (Phi) is 4.81. The maximum absolute atomic E-state index is 9.03. The number of aromatic amines is 1. The lowest BCUT2D eigenvalue weighted by atomic mass is 10.0. The molecule has 6 heteroatoms. The Balaban J connectivity index is 1.49. The van der Waals surface area contributed by atoms with Gasteiger partial charge >= 0.3 is 0 Å². The van der Waals surface area contributed by atoms with Crippen LogP contribution in [0.3, 0.4) is 0 Å². The van der Waals surface area contributed by atoms with Gasteiger partial charge in [0.15, 0.2) is 0 Å². The second-order valence-electron chi connectivity index (χ2n) is 6.40. The standard InChI is InChI=1S/C22H18N6/c1-15-11-16(13-23)7-8-19(15)20-9-10-24-22(26-20)25-14-18-12-21(28-27-18)17-5-3-2-4-6-17/h2-12H,14H2,1H3,(H,27,28)(H,24,25,26). The molecule has 28 heavy (non-hydrogen) atoms. The number of benzene rings is 2. The van der Waals surface area contributed by atoms with Crippen LogP contribution < -0.4 is 5.32 Å². The summed E-state index contributed by atoms with van der Waals surface area (Å²) in [5, 5.41) is 19.7. The molecule has 0 amide bonds. The number of hydrogen-bond donors (Lipinski definition) is 2. The number of aromatic nitrogens is 4. The van der Waals surface area contributed by atoms with E-state index in [1.165, 1.54) is 0 Å². The number of aryl methyl sites for hydroxylation is 1. The summed E-state index contributed by atoms with van der Waals surface area (Å²) >= 11 is 0. The average molecular weight is 366 g/mol. The van der Waals surface area contributed by atoms with Gasteiger partial charge in [-0.05, 0) is 36.8 Å². The monoisotopic (exact) mass is 366 g/mol. The zero-order valence-electron chi connectivity index (χ0n) is 15.3. The van der Waals surface area contributed by atoms with Crippen LogP contribution in [0, 0.1) is 18.3 Å². The van der Waals surface area contributed by atoms with E-state index in [2.05, 4.69) is 31.6 Å². The summed E-state index contributed by atoms with van der Waals surface area (Å²) < 4.78 is 0. The molecule has 0 atom stereocenters. The van der Waals surface area contributed by atoms with E-state index in [-0.39, 0.29) is 0 Å². The second kappa shape index (κ2) is 7.72. The minimum Gasteiger partial charge on any atom is -0.349 e. The number of anilines is 1.